The molecular formula is C11H18N2O2. The molecular weight excluding hydrogens is 192 g/mol. The highest BCUT2D eigenvalue weighted by Gasteiger charge is 1.94. The third-order valence-electron chi connectivity index (χ3n) is 1.95. The van der Waals surface area contributed by atoms with Crippen LogP contribution in [0, 0.1) is 0 Å². The van der Waals surface area contributed by atoms with Crippen molar-refractivity contribution in [2.75, 3.05) is 32.2 Å². The van der Waals surface area contributed by atoms with E-state index in [1.54, 1.807) is 13.3 Å². The van der Waals surface area contributed by atoms with E-state index < -0.39 is 0 Å². The van der Waals surface area contributed by atoms with Gasteiger partial charge in [-0.15, -0.1) is 0 Å². The van der Waals surface area contributed by atoms with Crippen molar-refractivity contribution in [1.29, 1.82) is 0 Å². The topological polar surface area (TPSA) is 43.4 Å². The van der Waals surface area contributed by atoms with Crippen molar-refractivity contribution in [1.82, 2.24) is 4.98 Å². The molecule has 1 N–H and O–H groups in total. The standard InChI is InChI=1S/C11H18N2O2/c1-3-15-8-4-7-12-11-6-5-10(14-2)9-13-11/h5-6,9H,3-4,7-8H2,1-2H3,(H,12,13). The van der Waals surface area contributed by atoms with E-state index in [0.29, 0.717) is 0 Å². The first-order valence-electron chi connectivity index (χ1n) is 5.18. The number of rotatable bonds is 7. The van der Waals surface area contributed by atoms with Gasteiger partial charge in [-0.1, -0.05) is 0 Å². The van der Waals surface area contributed by atoms with Crippen LogP contribution in [0.2, 0.25) is 0 Å². The number of pyridine rings is 1. The minimum Gasteiger partial charge on any atom is -0.495 e. The molecule has 0 amide bonds. The van der Waals surface area contributed by atoms with Crippen LogP contribution >= 0.6 is 0 Å². The zero-order chi connectivity index (χ0) is 10.9. The molecule has 15 heavy (non-hydrogen) atoms. The summed E-state index contributed by atoms with van der Waals surface area (Å²) < 4.78 is 10.2. The van der Waals surface area contributed by atoms with Crippen molar-refractivity contribution in [3.63, 3.8) is 0 Å². The van der Waals surface area contributed by atoms with Gasteiger partial charge in [0.2, 0.25) is 0 Å². The van der Waals surface area contributed by atoms with E-state index in [1.807, 2.05) is 19.1 Å². The van der Waals surface area contributed by atoms with Crippen LogP contribution < -0.4 is 10.1 Å². The number of hydrogen-bond acceptors (Lipinski definition) is 4. The van der Waals surface area contributed by atoms with Crippen molar-refractivity contribution in [3.8, 4) is 5.75 Å². The zero-order valence-electron chi connectivity index (χ0n) is 9.32. The van der Waals surface area contributed by atoms with E-state index in [9.17, 15) is 0 Å². The summed E-state index contributed by atoms with van der Waals surface area (Å²) in [5.74, 6) is 1.64. The van der Waals surface area contributed by atoms with E-state index >= 15 is 0 Å². The minimum atomic E-state index is 0.773. The number of anilines is 1. The minimum absolute atomic E-state index is 0.773. The lowest BCUT2D eigenvalue weighted by Gasteiger charge is -2.06. The molecule has 0 saturated carbocycles. The Morgan fingerprint density at radius 3 is 2.87 bits per heavy atom. The first-order valence-corrected chi connectivity index (χ1v) is 5.18. The molecule has 1 heterocycles. The number of ether oxygens (including phenoxy) is 2. The van der Waals surface area contributed by atoms with Gasteiger partial charge in [-0.25, -0.2) is 4.98 Å². The average Bonchev–Trinajstić information content (AvgIpc) is 2.30. The summed E-state index contributed by atoms with van der Waals surface area (Å²) in [4.78, 5) is 4.19. The van der Waals surface area contributed by atoms with Crippen LogP contribution in [-0.4, -0.2) is 31.9 Å². The maximum Gasteiger partial charge on any atom is 0.137 e. The van der Waals surface area contributed by atoms with Crippen molar-refractivity contribution in [2.24, 2.45) is 0 Å². The summed E-state index contributed by atoms with van der Waals surface area (Å²) in [6, 6.07) is 3.79. The molecule has 0 bridgehead atoms. The Balaban J connectivity index is 2.20. The maximum atomic E-state index is 5.23. The Morgan fingerprint density at radius 2 is 2.27 bits per heavy atom. The van der Waals surface area contributed by atoms with Crippen molar-refractivity contribution in [3.05, 3.63) is 18.3 Å². The molecule has 0 saturated heterocycles. The number of nitrogens with one attached hydrogen (secondary N) is 1. The monoisotopic (exact) mass is 210 g/mol. The molecule has 0 aliphatic heterocycles. The molecule has 84 valence electrons. The lowest BCUT2D eigenvalue weighted by molar-refractivity contribution is 0.147. The predicted octanol–water partition coefficient (Wildman–Crippen LogP) is 1.93. The molecule has 0 atom stereocenters. The van der Waals surface area contributed by atoms with Crippen LogP contribution in [0.15, 0.2) is 18.3 Å². The Labute approximate surface area is 90.6 Å². The molecule has 4 heteroatoms. The number of nitrogens with zero attached hydrogens (tertiary/aromatic N) is 1. The van der Waals surface area contributed by atoms with Crippen LogP contribution in [0.5, 0.6) is 5.75 Å². The highest BCUT2D eigenvalue weighted by molar-refractivity contribution is 5.37. The second-order valence-electron chi connectivity index (χ2n) is 3.06. The summed E-state index contributed by atoms with van der Waals surface area (Å²) in [7, 11) is 1.63. The van der Waals surface area contributed by atoms with E-state index in [-0.39, 0.29) is 0 Å². The molecule has 1 aromatic rings. The largest absolute Gasteiger partial charge is 0.495 e. The van der Waals surface area contributed by atoms with Crippen molar-refractivity contribution in [2.45, 2.75) is 13.3 Å². The molecule has 0 aliphatic rings. The summed E-state index contributed by atoms with van der Waals surface area (Å²) in [5.41, 5.74) is 0. The van der Waals surface area contributed by atoms with Gasteiger partial charge in [0.15, 0.2) is 0 Å². The molecule has 4 nitrogen and oxygen atoms in total. The molecule has 0 aliphatic carbocycles. The fraction of sp³-hybridized carbons (Fsp3) is 0.545. The second kappa shape index (κ2) is 7.06. The molecule has 0 radical (unpaired) electrons. The van der Waals surface area contributed by atoms with Crippen LogP contribution in [0.25, 0.3) is 0 Å². The lowest BCUT2D eigenvalue weighted by atomic mass is 10.4. The predicted molar refractivity (Wildman–Crippen MR) is 60.4 cm³/mol. The molecule has 1 aromatic heterocycles. The van der Waals surface area contributed by atoms with Gasteiger partial charge in [0.25, 0.3) is 0 Å². The third-order valence-corrected chi connectivity index (χ3v) is 1.95. The normalized spacial score (nSPS) is 10.0. The van der Waals surface area contributed by atoms with Gasteiger partial charge >= 0.3 is 0 Å². The summed E-state index contributed by atoms with van der Waals surface area (Å²) in [6.07, 6.45) is 2.69. The number of aromatic nitrogens is 1. The summed E-state index contributed by atoms with van der Waals surface area (Å²) >= 11 is 0. The van der Waals surface area contributed by atoms with Crippen molar-refractivity contribution < 1.29 is 9.47 Å². The SMILES string of the molecule is CCOCCCNc1ccc(OC)cn1. The summed E-state index contributed by atoms with van der Waals surface area (Å²) in [5, 5.41) is 3.21. The maximum absolute atomic E-state index is 5.23. The van der Waals surface area contributed by atoms with Gasteiger partial charge < -0.3 is 14.8 Å². The quantitative estimate of drug-likeness (QED) is 0.698. The Morgan fingerprint density at radius 1 is 1.40 bits per heavy atom. The zero-order valence-corrected chi connectivity index (χ0v) is 9.32. The van der Waals surface area contributed by atoms with Crippen molar-refractivity contribution >= 4 is 5.82 Å². The Kier molecular flexibility index (Phi) is 5.55. The van der Waals surface area contributed by atoms with Gasteiger partial charge in [0.1, 0.15) is 11.6 Å². The van der Waals surface area contributed by atoms with Gasteiger partial charge in [0, 0.05) is 19.8 Å². The third kappa shape index (κ3) is 4.65. The first-order chi connectivity index (χ1) is 7.36. The number of hydrogen-bond donors (Lipinski definition) is 1. The molecule has 0 unspecified atom stereocenters. The fourth-order valence-corrected chi connectivity index (χ4v) is 1.14. The lowest BCUT2D eigenvalue weighted by Crippen LogP contribution is -2.06. The molecule has 1 rings (SSSR count). The Hall–Kier alpha value is -1.29. The fourth-order valence-electron chi connectivity index (χ4n) is 1.14. The van der Waals surface area contributed by atoms with Gasteiger partial charge in [-0.2, -0.15) is 0 Å². The number of methoxy groups -OCH3 is 1. The van der Waals surface area contributed by atoms with E-state index in [4.69, 9.17) is 9.47 Å². The smallest absolute Gasteiger partial charge is 0.137 e. The molecule has 0 aromatic carbocycles. The second-order valence-corrected chi connectivity index (χ2v) is 3.06. The van der Waals surface area contributed by atoms with Crippen LogP contribution in [0.1, 0.15) is 13.3 Å². The Bertz CT molecular complexity index is 262. The first kappa shape index (κ1) is 11.8. The molecule has 0 fully saturated rings. The van der Waals surface area contributed by atoms with Gasteiger partial charge in [0.05, 0.1) is 13.3 Å². The average molecular weight is 210 g/mol. The van der Waals surface area contributed by atoms with Crippen LogP contribution in [-0.2, 0) is 4.74 Å². The highest BCUT2D eigenvalue weighted by Crippen LogP contribution is 2.10. The van der Waals surface area contributed by atoms with E-state index in [1.165, 1.54) is 0 Å². The van der Waals surface area contributed by atoms with Crippen LogP contribution in [0.3, 0.4) is 0 Å². The highest BCUT2D eigenvalue weighted by atomic mass is 16.5. The molecule has 0 spiro atoms. The van der Waals surface area contributed by atoms with Crippen LogP contribution in [0.4, 0.5) is 5.82 Å². The van der Waals surface area contributed by atoms with E-state index in [2.05, 4.69) is 10.3 Å². The van der Waals surface area contributed by atoms with Gasteiger partial charge in [-0.05, 0) is 25.5 Å². The van der Waals surface area contributed by atoms with E-state index in [0.717, 1.165) is 37.7 Å². The summed E-state index contributed by atoms with van der Waals surface area (Å²) in [6.45, 7) is 4.44. The van der Waals surface area contributed by atoms with Gasteiger partial charge in [-0.3, -0.25) is 0 Å².